The number of ether oxygens (including phenoxy) is 1. The summed E-state index contributed by atoms with van der Waals surface area (Å²) in [7, 11) is 0. The molecular weight excluding hydrogens is 235 g/mol. The highest BCUT2D eigenvalue weighted by atomic mass is 79.9. The molecule has 13 heavy (non-hydrogen) atoms. The van der Waals surface area contributed by atoms with Crippen molar-refractivity contribution < 1.29 is 9.13 Å². The molecule has 1 unspecified atom stereocenters. The molecule has 0 saturated heterocycles. The van der Waals surface area contributed by atoms with Crippen molar-refractivity contribution in [2.45, 2.75) is 26.4 Å². The fraction of sp³-hybridized carbons (Fsp3) is 0.400. The molecule has 0 radical (unpaired) electrons. The van der Waals surface area contributed by atoms with Crippen molar-refractivity contribution in [3.63, 3.8) is 0 Å². The van der Waals surface area contributed by atoms with Gasteiger partial charge in [0.05, 0.1) is 6.10 Å². The summed E-state index contributed by atoms with van der Waals surface area (Å²) in [4.78, 5) is 0. The lowest BCUT2D eigenvalue weighted by molar-refractivity contribution is 0.208. The maximum absolute atomic E-state index is 13.2. The van der Waals surface area contributed by atoms with E-state index in [1.54, 1.807) is 12.1 Å². The third-order valence-corrected chi connectivity index (χ3v) is 2.29. The Labute approximate surface area is 86.0 Å². The van der Waals surface area contributed by atoms with Crippen LogP contribution in [-0.2, 0) is 0 Å². The average Bonchev–Trinajstić information content (AvgIpc) is 2.09. The van der Waals surface area contributed by atoms with Gasteiger partial charge < -0.3 is 4.74 Å². The van der Waals surface area contributed by atoms with Crippen LogP contribution in [0.1, 0.15) is 20.3 Å². The summed E-state index contributed by atoms with van der Waals surface area (Å²) >= 11 is 3.18. The van der Waals surface area contributed by atoms with Crippen LogP contribution in [0.4, 0.5) is 4.39 Å². The van der Waals surface area contributed by atoms with Crippen LogP contribution in [0.5, 0.6) is 5.75 Å². The second kappa shape index (κ2) is 4.61. The van der Waals surface area contributed by atoms with Crippen LogP contribution in [0.25, 0.3) is 0 Å². The third kappa shape index (κ3) is 2.99. The van der Waals surface area contributed by atoms with Crippen LogP contribution in [-0.4, -0.2) is 6.10 Å². The van der Waals surface area contributed by atoms with Crippen molar-refractivity contribution in [1.29, 1.82) is 0 Å². The Kier molecular flexibility index (Phi) is 3.72. The van der Waals surface area contributed by atoms with Crippen molar-refractivity contribution in [3.05, 3.63) is 28.5 Å². The molecule has 0 saturated carbocycles. The van der Waals surface area contributed by atoms with E-state index in [0.29, 0.717) is 5.75 Å². The molecule has 3 heteroatoms. The first kappa shape index (κ1) is 10.5. The Morgan fingerprint density at radius 1 is 1.54 bits per heavy atom. The Morgan fingerprint density at radius 2 is 2.23 bits per heavy atom. The highest BCUT2D eigenvalue weighted by molar-refractivity contribution is 9.10. The Morgan fingerprint density at radius 3 is 2.77 bits per heavy atom. The number of hydrogen-bond donors (Lipinski definition) is 0. The van der Waals surface area contributed by atoms with Gasteiger partial charge in [-0.1, -0.05) is 22.9 Å². The van der Waals surface area contributed by atoms with Gasteiger partial charge in [-0.2, -0.15) is 0 Å². The van der Waals surface area contributed by atoms with E-state index in [1.807, 2.05) is 13.8 Å². The highest BCUT2D eigenvalue weighted by Crippen LogP contribution is 2.22. The minimum Gasteiger partial charge on any atom is -0.488 e. The van der Waals surface area contributed by atoms with Gasteiger partial charge in [0.15, 0.2) is 11.6 Å². The van der Waals surface area contributed by atoms with Crippen molar-refractivity contribution in [2.75, 3.05) is 0 Å². The van der Waals surface area contributed by atoms with Gasteiger partial charge in [0.1, 0.15) is 0 Å². The van der Waals surface area contributed by atoms with Gasteiger partial charge in [0, 0.05) is 4.47 Å². The van der Waals surface area contributed by atoms with Gasteiger partial charge in [0.25, 0.3) is 0 Å². The maximum atomic E-state index is 13.2. The van der Waals surface area contributed by atoms with Crippen LogP contribution in [0, 0.1) is 5.82 Å². The van der Waals surface area contributed by atoms with Crippen LogP contribution >= 0.6 is 15.9 Å². The predicted octanol–water partition coefficient (Wildman–Crippen LogP) is 3.77. The van der Waals surface area contributed by atoms with E-state index in [2.05, 4.69) is 15.9 Å². The molecule has 0 amide bonds. The summed E-state index contributed by atoms with van der Waals surface area (Å²) in [5.41, 5.74) is 0. The molecule has 1 atom stereocenters. The first-order valence-corrected chi connectivity index (χ1v) is 5.04. The number of benzene rings is 1. The molecular formula is C10H12BrFO. The van der Waals surface area contributed by atoms with Gasteiger partial charge in [-0.05, 0) is 31.5 Å². The summed E-state index contributed by atoms with van der Waals surface area (Å²) < 4.78 is 19.3. The molecule has 0 fully saturated rings. The molecule has 0 heterocycles. The fourth-order valence-electron chi connectivity index (χ4n) is 0.871. The summed E-state index contributed by atoms with van der Waals surface area (Å²) in [6.07, 6.45) is 0.922. The zero-order valence-electron chi connectivity index (χ0n) is 7.68. The minimum atomic E-state index is -0.324. The number of rotatable bonds is 3. The van der Waals surface area contributed by atoms with E-state index in [1.165, 1.54) is 6.07 Å². The zero-order valence-corrected chi connectivity index (χ0v) is 9.27. The lowest BCUT2D eigenvalue weighted by Crippen LogP contribution is -2.10. The van der Waals surface area contributed by atoms with Crippen LogP contribution in [0.2, 0.25) is 0 Å². The molecule has 0 aliphatic rings. The second-order valence-electron chi connectivity index (χ2n) is 2.91. The maximum Gasteiger partial charge on any atom is 0.166 e. The topological polar surface area (TPSA) is 9.23 Å². The van der Waals surface area contributed by atoms with E-state index in [4.69, 9.17) is 4.74 Å². The van der Waals surface area contributed by atoms with Crippen molar-refractivity contribution in [3.8, 4) is 5.75 Å². The molecule has 0 bridgehead atoms. The Bertz CT molecular complexity index is 288. The lowest BCUT2D eigenvalue weighted by Gasteiger charge is -2.12. The monoisotopic (exact) mass is 246 g/mol. The van der Waals surface area contributed by atoms with Crippen molar-refractivity contribution in [2.24, 2.45) is 0 Å². The molecule has 0 aliphatic heterocycles. The van der Waals surface area contributed by atoms with E-state index in [-0.39, 0.29) is 11.9 Å². The standard InChI is InChI=1S/C10H12BrFO/c1-3-7(2)13-10-5-4-8(11)6-9(10)12/h4-7H,3H2,1-2H3. The molecule has 72 valence electrons. The lowest BCUT2D eigenvalue weighted by atomic mass is 10.3. The Hall–Kier alpha value is -0.570. The quantitative estimate of drug-likeness (QED) is 0.790. The average molecular weight is 247 g/mol. The first-order chi connectivity index (χ1) is 6.13. The minimum absolute atomic E-state index is 0.0516. The molecule has 0 N–H and O–H groups in total. The largest absolute Gasteiger partial charge is 0.488 e. The third-order valence-electron chi connectivity index (χ3n) is 1.80. The predicted molar refractivity (Wildman–Crippen MR) is 54.5 cm³/mol. The first-order valence-electron chi connectivity index (χ1n) is 4.25. The zero-order chi connectivity index (χ0) is 9.84. The SMILES string of the molecule is CCC(C)Oc1ccc(Br)cc1F. The molecule has 0 aromatic heterocycles. The van der Waals surface area contributed by atoms with Crippen molar-refractivity contribution >= 4 is 15.9 Å². The molecule has 1 nitrogen and oxygen atoms in total. The van der Waals surface area contributed by atoms with Gasteiger partial charge in [-0.25, -0.2) is 4.39 Å². The van der Waals surface area contributed by atoms with Crippen molar-refractivity contribution in [1.82, 2.24) is 0 Å². The Balaban J connectivity index is 2.77. The van der Waals surface area contributed by atoms with Crippen LogP contribution in [0.15, 0.2) is 22.7 Å². The number of halogens is 2. The molecule has 1 aromatic carbocycles. The van der Waals surface area contributed by atoms with Crippen LogP contribution < -0.4 is 4.74 Å². The van der Waals surface area contributed by atoms with Crippen LogP contribution in [0.3, 0.4) is 0 Å². The normalized spacial score (nSPS) is 12.6. The highest BCUT2D eigenvalue weighted by Gasteiger charge is 2.06. The van der Waals surface area contributed by atoms with E-state index >= 15 is 0 Å². The van der Waals surface area contributed by atoms with E-state index < -0.39 is 0 Å². The number of hydrogen-bond acceptors (Lipinski definition) is 1. The summed E-state index contributed by atoms with van der Waals surface area (Å²) in [5, 5.41) is 0. The van der Waals surface area contributed by atoms with E-state index in [9.17, 15) is 4.39 Å². The fourth-order valence-corrected chi connectivity index (χ4v) is 1.20. The second-order valence-corrected chi connectivity index (χ2v) is 3.83. The molecule has 1 rings (SSSR count). The summed E-state index contributed by atoms with van der Waals surface area (Å²) in [6.45, 7) is 3.92. The summed E-state index contributed by atoms with van der Waals surface area (Å²) in [5.74, 6) is -0.00720. The van der Waals surface area contributed by atoms with Gasteiger partial charge in [0.2, 0.25) is 0 Å². The van der Waals surface area contributed by atoms with Gasteiger partial charge in [-0.15, -0.1) is 0 Å². The smallest absolute Gasteiger partial charge is 0.166 e. The van der Waals surface area contributed by atoms with Gasteiger partial charge >= 0.3 is 0 Å². The summed E-state index contributed by atoms with van der Waals surface area (Å²) in [6, 6.07) is 4.80. The van der Waals surface area contributed by atoms with Gasteiger partial charge in [-0.3, -0.25) is 0 Å². The van der Waals surface area contributed by atoms with E-state index in [0.717, 1.165) is 10.9 Å². The molecule has 0 aliphatic carbocycles. The molecule has 1 aromatic rings. The molecule has 0 spiro atoms.